The second-order valence-corrected chi connectivity index (χ2v) is 9.12. The van der Waals surface area contributed by atoms with E-state index >= 15 is 0 Å². The molecule has 2 saturated heterocycles. The second-order valence-electron chi connectivity index (χ2n) is 9.12. The van der Waals surface area contributed by atoms with Gasteiger partial charge in [-0.1, -0.05) is 18.2 Å². The van der Waals surface area contributed by atoms with Gasteiger partial charge in [-0.25, -0.2) is 4.98 Å². The molecule has 0 radical (unpaired) electrons. The van der Waals surface area contributed by atoms with Gasteiger partial charge in [0.15, 0.2) is 0 Å². The summed E-state index contributed by atoms with van der Waals surface area (Å²) in [7, 11) is 2.16. The number of hydrogen-bond donors (Lipinski definition) is 2. The fraction of sp³-hybridized carbons (Fsp3) is 0.423. The quantitative estimate of drug-likeness (QED) is 0.557. The Morgan fingerprint density at radius 1 is 1.18 bits per heavy atom. The van der Waals surface area contributed by atoms with Crippen LogP contribution in [0.3, 0.4) is 0 Å². The van der Waals surface area contributed by atoms with E-state index in [0.29, 0.717) is 37.2 Å². The van der Waals surface area contributed by atoms with Crippen LogP contribution in [0.5, 0.6) is 5.88 Å². The predicted molar refractivity (Wildman–Crippen MR) is 132 cm³/mol. The average Bonchev–Trinajstić information content (AvgIpc) is 3.50. The molecule has 3 aromatic rings. The zero-order valence-electron chi connectivity index (χ0n) is 19.5. The summed E-state index contributed by atoms with van der Waals surface area (Å²) < 4.78 is 11.5. The molecule has 0 spiro atoms. The lowest BCUT2D eigenvalue weighted by Crippen LogP contribution is -2.31. The number of nitrogens with two attached hydrogens (primary N) is 1. The van der Waals surface area contributed by atoms with Gasteiger partial charge in [0.2, 0.25) is 11.8 Å². The van der Waals surface area contributed by atoms with Crippen LogP contribution in [0.1, 0.15) is 36.0 Å². The van der Waals surface area contributed by atoms with Crippen LogP contribution in [-0.4, -0.2) is 66.3 Å². The zero-order chi connectivity index (χ0) is 23.5. The van der Waals surface area contributed by atoms with Gasteiger partial charge in [-0.2, -0.15) is 4.98 Å². The molecule has 1 amide bonds. The number of benzene rings is 2. The van der Waals surface area contributed by atoms with Crippen LogP contribution in [0.25, 0.3) is 22.0 Å². The minimum Gasteiger partial charge on any atom is -0.471 e. The number of aromatic nitrogens is 2. The first-order valence-electron chi connectivity index (χ1n) is 12.0. The number of nitrogens with one attached hydrogen (secondary N) is 1. The van der Waals surface area contributed by atoms with Crippen LogP contribution in [-0.2, 0) is 4.74 Å². The Morgan fingerprint density at radius 2 is 2.00 bits per heavy atom. The Hall–Kier alpha value is -3.23. The molecule has 1 unspecified atom stereocenters. The number of anilines is 1. The van der Waals surface area contributed by atoms with E-state index in [1.807, 2.05) is 42.5 Å². The molecule has 8 heteroatoms. The van der Waals surface area contributed by atoms with Crippen molar-refractivity contribution in [3.63, 3.8) is 0 Å². The largest absolute Gasteiger partial charge is 0.471 e. The third kappa shape index (κ3) is 4.98. The highest BCUT2D eigenvalue weighted by Gasteiger charge is 2.21. The predicted octanol–water partition coefficient (Wildman–Crippen LogP) is 3.26. The first-order chi connectivity index (χ1) is 16.6. The molecule has 34 heavy (non-hydrogen) atoms. The van der Waals surface area contributed by atoms with Gasteiger partial charge >= 0.3 is 0 Å². The van der Waals surface area contributed by atoms with Crippen molar-refractivity contribution in [1.82, 2.24) is 20.2 Å². The third-order valence-electron chi connectivity index (χ3n) is 6.76. The van der Waals surface area contributed by atoms with Crippen molar-refractivity contribution in [3.8, 4) is 17.0 Å². The normalized spacial score (nSPS) is 20.6. The fourth-order valence-electron chi connectivity index (χ4n) is 4.76. The molecule has 1 aromatic heterocycles. The number of carbonyl (C=O) groups is 1. The number of nitrogens with zero attached hydrogens (tertiary/aromatic N) is 3. The molecule has 2 aromatic carbocycles. The monoisotopic (exact) mass is 461 g/mol. The van der Waals surface area contributed by atoms with Crippen molar-refractivity contribution in [2.45, 2.75) is 37.8 Å². The molecule has 2 atom stereocenters. The smallest absolute Gasteiger partial charge is 0.251 e. The lowest BCUT2D eigenvalue weighted by molar-refractivity contribution is 0.0950. The Kier molecular flexibility index (Phi) is 6.60. The van der Waals surface area contributed by atoms with Crippen molar-refractivity contribution >= 4 is 22.8 Å². The van der Waals surface area contributed by atoms with Crippen LogP contribution in [0.2, 0.25) is 0 Å². The molecule has 5 rings (SSSR count). The van der Waals surface area contributed by atoms with E-state index in [1.165, 1.54) is 12.8 Å². The molecule has 0 bridgehead atoms. The summed E-state index contributed by atoms with van der Waals surface area (Å²) in [6.07, 6.45) is 4.24. The number of rotatable bonds is 7. The molecule has 0 saturated carbocycles. The Labute approximate surface area is 199 Å². The van der Waals surface area contributed by atoms with E-state index in [-0.39, 0.29) is 18.0 Å². The minimum absolute atomic E-state index is 0.0342. The van der Waals surface area contributed by atoms with Crippen molar-refractivity contribution in [2.24, 2.45) is 0 Å². The summed E-state index contributed by atoms with van der Waals surface area (Å²) in [6.45, 7) is 3.08. The van der Waals surface area contributed by atoms with E-state index in [1.54, 1.807) is 0 Å². The first kappa shape index (κ1) is 22.6. The van der Waals surface area contributed by atoms with E-state index in [4.69, 9.17) is 15.2 Å². The number of fused-ring (bicyclic) bond motifs is 1. The molecule has 2 aliphatic heterocycles. The van der Waals surface area contributed by atoms with E-state index < -0.39 is 0 Å². The standard InChI is InChI=1S/C26H31N5O3/c1-31-13-2-3-20(31)10-12-28-24(32)18-6-4-17(5-7-18)19-8-9-23-22(15-19)25(30-26(27)29-23)34-21-11-14-33-16-21/h4-9,15,20-21H,2-3,10-14,16H2,1H3,(H,28,32)(H2,27,29,30)/t20-,21?/m1/s1. The Balaban J connectivity index is 1.29. The fourth-order valence-corrected chi connectivity index (χ4v) is 4.76. The highest BCUT2D eigenvalue weighted by molar-refractivity contribution is 5.95. The lowest BCUT2D eigenvalue weighted by atomic mass is 10.0. The first-order valence-corrected chi connectivity index (χ1v) is 12.0. The molecular weight excluding hydrogens is 430 g/mol. The number of nitrogen functional groups attached to an aromatic ring is 1. The van der Waals surface area contributed by atoms with Gasteiger partial charge in [-0.3, -0.25) is 4.79 Å². The Bertz CT molecular complexity index is 1160. The van der Waals surface area contributed by atoms with Gasteiger partial charge in [0.25, 0.3) is 5.91 Å². The highest BCUT2D eigenvalue weighted by Crippen LogP contribution is 2.30. The van der Waals surface area contributed by atoms with Crippen molar-refractivity contribution < 1.29 is 14.3 Å². The van der Waals surface area contributed by atoms with Crippen LogP contribution in [0.4, 0.5) is 5.95 Å². The highest BCUT2D eigenvalue weighted by atomic mass is 16.5. The van der Waals surface area contributed by atoms with Gasteiger partial charge in [0.05, 0.1) is 24.1 Å². The summed E-state index contributed by atoms with van der Waals surface area (Å²) in [4.78, 5) is 23.6. The van der Waals surface area contributed by atoms with Crippen LogP contribution in [0.15, 0.2) is 42.5 Å². The molecule has 0 aliphatic carbocycles. The zero-order valence-corrected chi connectivity index (χ0v) is 19.5. The van der Waals surface area contributed by atoms with E-state index in [2.05, 4.69) is 27.2 Å². The summed E-state index contributed by atoms with van der Waals surface area (Å²) in [5.74, 6) is 0.622. The van der Waals surface area contributed by atoms with Crippen molar-refractivity contribution in [1.29, 1.82) is 0 Å². The maximum Gasteiger partial charge on any atom is 0.251 e. The summed E-state index contributed by atoms with van der Waals surface area (Å²) >= 11 is 0. The van der Waals surface area contributed by atoms with E-state index in [9.17, 15) is 4.79 Å². The lowest BCUT2D eigenvalue weighted by Gasteiger charge is -2.19. The van der Waals surface area contributed by atoms with Crippen LogP contribution < -0.4 is 15.8 Å². The average molecular weight is 462 g/mol. The minimum atomic E-state index is -0.0379. The van der Waals surface area contributed by atoms with Crippen molar-refractivity contribution in [2.75, 3.05) is 39.1 Å². The molecular formula is C26H31N5O3. The van der Waals surface area contributed by atoms with Gasteiger partial charge in [-0.05, 0) is 68.2 Å². The molecule has 8 nitrogen and oxygen atoms in total. The molecule has 2 aliphatic rings. The van der Waals surface area contributed by atoms with Gasteiger partial charge in [-0.15, -0.1) is 0 Å². The van der Waals surface area contributed by atoms with Crippen LogP contribution in [0, 0.1) is 0 Å². The van der Waals surface area contributed by atoms with Gasteiger partial charge in [0.1, 0.15) is 6.10 Å². The van der Waals surface area contributed by atoms with Gasteiger partial charge in [0, 0.05) is 24.6 Å². The molecule has 3 N–H and O–H groups in total. The topological polar surface area (TPSA) is 103 Å². The van der Waals surface area contributed by atoms with E-state index in [0.717, 1.165) is 41.4 Å². The molecule has 178 valence electrons. The second kappa shape index (κ2) is 9.95. The maximum absolute atomic E-state index is 12.6. The summed E-state index contributed by atoms with van der Waals surface area (Å²) in [6, 6.07) is 14.1. The number of carbonyl (C=O) groups excluding carboxylic acids is 1. The molecule has 2 fully saturated rings. The number of ether oxygens (including phenoxy) is 2. The number of likely N-dealkylation sites (tertiary alicyclic amines) is 1. The van der Waals surface area contributed by atoms with Gasteiger partial charge < -0.3 is 25.4 Å². The third-order valence-corrected chi connectivity index (χ3v) is 6.76. The molecule has 3 heterocycles. The number of hydrogen-bond acceptors (Lipinski definition) is 7. The summed E-state index contributed by atoms with van der Waals surface area (Å²) in [5.41, 5.74) is 9.27. The Morgan fingerprint density at radius 3 is 2.74 bits per heavy atom. The number of amides is 1. The summed E-state index contributed by atoms with van der Waals surface area (Å²) in [5, 5.41) is 3.86. The van der Waals surface area contributed by atoms with Crippen molar-refractivity contribution in [3.05, 3.63) is 48.0 Å². The maximum atomic E-state index is 12.6. The van der Waals surface area contributed by atoms with Crippen LogP contribution >= 0.6 is 0 Å². The SMILES string of the molecule is CN1CCC[C@@H]1CCNC(=O)c1ccc(-c2ccc3nc(N)nc(OC4CCOC4)c3c2)cc1.